The number of esters is 1. The molecule has 0 aliphatic heterocycles. The molecule has 0 heterocycles. The predicted molar refractivity (Wildman–Crippen MR) is 56.4 cm³/mol. The van der Waals surface area contributed by atoms with Crippen LogP contribution in [0.5, 0.6) is 0 Å². The van der Waals surface area contributed by atoms with Crippen LogP contribution < -0.4 is 0 Å². The van der Waals surface area contributed by atoms with Crippen LogP contribution in [0.2, 0.25) is 0 Å². The SMILES string of the molecule is CC(=O)O.CC(=O)OC[C@H]1[C@@H](C)C1(C)C. The van der Waals surface area contributed by atoms with Crippen LogP contribution in [0.4, 0.5) is 0 Å². The van der Waals surface area contributed by atoms with Crippen molar-refractivity contribution >= 4 is 11.9 Å². The van der Waals surface area contributed by atoms with Gasteiger partial charge in [0.2, 0.25) is 0 Å². The lowest BCUT2D eigenvalue weighted by Crippen LogP contribution is -2.05. The molecule has 0 spiro atoms. The molecule has 88 valence electrons. The van der Waals surface area contributed by atoms with Crippen molar-refractivity contribution in [3.63, 3.8) is 0 Å². The maximum Gasteiger partial charge on any atom is 0.302 e. The second kappa shape index (κ2) is 5.14. The van der Waals surface area contributed by atoms with Gasteiger partial charge in [-0.2, -0.15) is 0 Å². The van der Waals surface area contributed by atoms with Crippen molar-refractivity contribution in [1.82, 2.24) is 0 Å². The van der Waals surface area contributed by atoms with Crippen LogP contribution in [0.3, 0.4) is 0 Å². The molecule has 0 saturated heterocycles. The number of carbonyl (C=O) groups excluding carboxylic acids is 1. The van der Waals surface area contributed by atoms with Crippen LogP contribution in [-0.4, -0.2) is 23.7 Å². The van der Waals surface area contributed by atoms with Crippen LogP contribution >= 0.6 is 0 Å². The Morgan fingerprint density at radius 2 is 1.67 bits per heavy atom. The van der Waals surface area contributed by atoms with Gasteiger partial charge in [0.15, 0.2) is 0 Å². The summed E-state index contributed by atoms with van der Waals surface area (Å²) in [6, 6.07) is 0. The molecule has 1 aliphatic carbocycles. The monoisotopic (exact) mass is 216 g/mol. The molecule has 4 heteroatoms. The first-order chi connectivity index (χ1) is 6.69. The Kier molecular flexibility index (Phi) is 4.78. The second-order valence-corrected chi connectivity index (χ2v) is 4.54. The third-order valence-corrected chi connectivity index (χ3v) is 3.09. The normalized spacial score (nSPS) is 25.9. The lowest BCUT2D eigenvalue weighted by Gasteiger charge is -2.02. The van der Waals surface area contributed by atoms with Gasteiger partial charge in [0.25, 0.3) is 5.97 Å². The van der Waals surface area contributed by atoms with Gasteiger partial charge in [0.1, 0.15) is 0 Å². The first kappa shape index (κ1) is 13.9. The van der Waals surface area contributed by atoms with E-state index in [4.69, 9.17) is 14.6 Å². The molecule has 1 N–H and O–H groups in total. The highest BCUT2D eigenvalue weighted by Gasteiger charge is 2.54. The average Bonchev–Trinajstić information content (AvgIpc) is 2.47. The summed E-state index contributed by atoms with van der Waals surface area (Å²) in [5.41, 5.74) is 0.384. The fraction of sp³-hybridized carbons (Fsp3) is 0.818. The number of rotatable bonds is 2. The fourth-order valence-electron chi connectivity index (χ4n) is 1.58. The van der Waals surface area contributed by atoms with Gasteiger partial charge >= 0.3 is 5.97 Å². The Hall–Kier alpha value is -1.06. The molecular formula is C11H20O4. The zero-order valence-electron chi connectivity index (χ0n) is 10.0. The Morgan fingerprint density at radius 1 is 1.33 bits per heavy atom. The number of hydrogen-bond acceptors (Lipinski definition) is 3. The van der Waals surface area contributed by atoms with E-state index in [1.54, 1.807) is 0 Å². The van der Waals surface area contributed by atoms with Gasteiger partial charge in [-0.05, 0) is 11.3 Å². The molecule has 15 heavy (non-hydrogen) atoms. The molecule has 0 aromatic rings. The number of carbonyl (C=O) groups is 2. The Labute approximate surface area is 90.6 Å². The fourth-order valence-corrected chi connectivity index (χ4v) is 1.58. The van der Waals surface area contributed by atoms with E-state index in [0.717, 1.165) is 6.92 Å². The van der Waals surface area contributed by atoms with Crippen molar-refractivity contribution in [1.29, 1.82) is 0 Å². The Balaban J connectivity index is 0.000000423. The predicted octanol–water partition coefficient (Wildman–Crippen LogP) is 1.93. The molecule has 0 radical (unpaired) electrons. The maximum absolute atomic E-state index is 10.5. The Bertz CT molecular complexity index is 241. The number of aliphatic carboxylic acids is 1. The molecule has 0 bridgehead atoms. The quantitative estimate of drug-likeness (QED) is 0.716. The molecule has 0 amide bonds. The van der Waals surface area contributed by atoms with Crippen molar-refractivity contribution in [2.45, 2.75) is 34.6 Å². The van der Waals surface area contributed by atoms with E-state index in [0.29, 0.717) is 23.9 Å². The van der Waals surface area contributed by atoms with E-state index in [9.17, 15) is 4.79 Å². The van der Waals surface area contributed by atoms with E-state index in [1.807, 2.05) is 0 Å². The zero-order valence-corrected chi connectivity index (χ0v) is 10.0. The molecular weight excluding hydrogens is 196 g/mol. The molecule has 0 aromatic carbocycles. The van der Waals surface area contributed by atoms with Crippen molar-refractivity contribution < 1.29 is 19.4 Å². The van der Waals surface area contributed by atoms with Gasteiger partial charge in [0.05, 0.1) is 6.61 Å². The smallest absolute Gasteiger partial charge is 0.302 e. The minimum Gasteiger partial charge on any atom is -0.481 e. The summed E-state index contributed by atoms with van der Waals surface area (Å²) >= 11 is 0. The number of hydrogen-bond donors (Lipinski definition) is 1. The molecule has 2 atom stereocenters. The minimum absolute atomic E-state index is 0.167. The molecule has 0 unspecified atom stereocenters. The van der Waals surface area contributed by atoms with E-state index >= 15 is 0 Å². The topological polar surface area (TPSA) is 63.6 Å². The molecule has 0 aromatic heterocycles. The summed E-state index contributed by atoms with van der Waals surface area (Å²) in [6.45, 7) is 9.77. The lowest BCUT2D eigenvalue weighted by atomic mass is 10.1. The largest absolute Gasteiger partial charge is 0.481 e. The van der Waals surface area contributed by atoms with Gasteiger partial charge in [0, 0.05) is 19.8 Å². The summed E-state index contributed by atoms with van der Waals surface area (Å²) in [7, 11) is 0. The van der Waals surface area contributed by atoms with Crippen molar-refractivity contribution in [3.05, 3.63) is 0 Å². The second-order valence-electron chi connectivity index (χ2n) is 4.54. The van der Waals surface area contributed by atoms with E-state index in [2.05, 4.69) is 20.8 Å². The summed E-state index contributed by atoms with van der Waals surface area (Å²) < 4.78 is 4.93. The van der Waals surface area contributed by atoms with E-state index in [1.165, 1.54) is 6.92 Å². The first-order valence-corrected chi connectivity index (χ1v) is 5.02. The number of carboxylic acids is 1. The van der Waals surface area contributed by atoms with Crippen LogP contribution in [0.1, 0.15) is 34.6 Å². The van der Waals surface area contributed by atoms with E-state index < -0.39 is 5.97 Å². The lowest BCUT2D eigenvalue weighted by molar-refractivity contribution is -0.141. The van der Waals surface area contributed by atoms with Crippen LogP contribution in [-0.2, 0) is 14.3 Å². The maximum atomic E-state index is 10.5. The summed E-state index contributed by atoms with van der Waals surface area (Å²) in [5, 5.41) is 7.42. The number of ether oxygens (including phenoxy) is 1. The molecule has 1 fully saturated rings. The molecule has 1 saturated carbocycles. The third kappa shape index (κ3) is 4.81. The summed E-state index contributed by atoms with van der Waals surface area (Å²) in [5.74, 6) is 0.271. The van der Waals surface area contributed by atoms with Gasteiger partial charge in [-0.15, -0.1) is 0 Å². The summed E-state index contributed by atoms with van der Waals surface area (Å²) in [4.78, 5) is 19.5. The van der Waals surface area contributed by atoms with Crippen LogP contribution in [0.15, 0.2) is 0 Å². The molecule has 1 rings (SSSR count). The first-order valence-electron chi connectivity index (χ1n) is 5.02. The zero-order chi connectivity index (χ0) is 12.2. The van der Waals surface area contributed by atoms with E-state index in [-0.39, 0.29) is 5.97 Å². The Morgan fingerprint density at radius 3 is 1.87 bits per heavy atom. The van der Waals surface area contributed by atoms with Crippen molar-refractivity contribution in [2.75, 3.05) is 6.61 Å². The average molecular weight is 216 g/mol. The highest BCUT2D eigenvalue weighted by Crippen LogP contribution is 2.57. The number of carboxylic acid groups (broad SMARTS) is 1. The van der Waals surface area contributed by atoms with Gasteiger partial charge in [-0.3, -0.25) is 9.59 Å². The van der Waals surface area contributed by atoms with Gasteiger partial charge in [-0.25, -0.2) is 0 Å². The van der Waals surface area contributed by atoms with Crippen molar-refractivity contribution in [2.24, 2.45) is 17.3 Å². The highest BCUT2D eigenvalue weighted by molar-refractivity contribution is 5.65. The highest BCUT2D eigenvalue weighted by atomic mass is 16.5. The van der Waals surface area contributed by atoms with Gasteiger partial charge in [-0.1, -0.05) is 20.8 Å². The minimum atomic E-state index is -0.833. The summed E-state index contributed by atoms with van der Waals surface area (Å²) in [6.07, 6.45) is 0. The van der Waals surface area contributed by atoms with Crippen LogP contribution in [0, 0.1) is 17.3 Å². The van der Waals surface area contributed by atoms with Gasteiger partial charge < -0.3 is 9.84 Å². The third-order valence-electron chi connectivity index (χ3n) is 3.09. The van der Waals surface area contributed by atoms with Crippen LogP contribution in [0.25, 0.3) is 0 Å². The molecule has 1 aliphatic rings. The van der Waals surface area contributed by atoms with Crippen molar-refractivity contribution in [3.8, 4) is 0 Å². The standard InChI is InChI=1S/C9H16O2.C2H4O2/c1-6-8(9(6,3)4)5-11-7(2)10;1-2(3)4/h6,8H,5H2,1-4H3;1H3,(H,3,4)/t6-,8+;/m1./s1. The molecule has 4 nitrogen and oxygen atoms in total.